The summed E-state index contributed by atoms with van der Waals surface area (Å²) in [5.41, 5.74) is 6.66. The van der Waals surface area contributed by atoms with Crippen molar-refractivity contribution in [1.29, 1.82) is 0 Å². The quantitative estimate of drug-likeness (QED) is 0.637. The third kappa shape index (κ3) is 2.31. The first-order chi connectivity index (χ1) is 5.36. The van der Waals surface area contributed by atoms with Crippen LogP contribution in [0.5, 0.6) is 0 Å². The van der Waals surface area contributed by atoms with Crippen LogP contribution >= 0.6 is 0 Å². The van der Waals surface area contributed by atoms with Crippen molar-refractivity contribution in [3.63, 3.8) is 0 Å². The van der Waals surface area contributed by atoms with Crippen LogP contribution in [0.15, 0.2) is 24.5 Å². The normalized spacial score (nSPS) is 10.0. The highest BCUT2D eigenvalue weighted by molar-refractivity contribution is 5.05. The van der Waals surface area contributed by atoms with Crippen LogP contribution < -0.4 is 10.3 Å². The lowest BCUT2D eigenvalue weighted by atomic mass is 10.3. The van der Waals surface area contributed by atoms with Crippen molar-refractivity contribution in [2.45, 2.75) is 26.4 Å². The summed E-state index contributed by atoms with van der Waals surface area (Å²) in [6.07, 6.45) is 5.32. The first-order valence-corrected chi connectivity index (χ1v) is 4.05. The average molecular weight is 151 g/mol. The molecule has 1 rings (SSSR count). The first-order valence-electron chi connectivity index (χ1n) is 4.05. The molecule has 0 atom stereocenters. The molecule has 1 aromatic heterocycles. The zero-order valence-electron chi connectivity index (χ0n) is 6.96. The zero-order valence-corrected chi connectivity index (χ0v) is 6.96. The molecule has 1 aromatic rings. The van der Waals surface area contributed by atoms with E-state index in [4.69, 9.17) is 5.73 Å². The number of rotatable bonds is 3. The molecule has 0 bridgehead atoms. The molecule has 2 N–H and O–H groups in total. The van der Waals surface area contributed by atoms with E-state index in [0.29, 0.717) is 6.54 Å². The van der Waals surface area contributed by atoms with Crippen molar-refractivity contribution in [3.8, 4) is 0 Å². The van der Waals surface area contributed by atoms with Gasteiger partial charge in [-0.1, -0.05) is 6.92 Å². The molecule has 0 spiro atoms. The van der Waals surface area contributed by atoms with E-state index in [1.807, 2.05) is 0 Å². The third-order valence-electron chi connectivity index (χ3n) is 1.68. The smallest absolute Gasteiger partial charge is 0.169 e. The van der Waals surface area contributed by atoms with E-state index in [2.05, 4.69) is 36.0 Å². The Morgan fingerprint density at radius 3 is 2.45 bits per heavy atom. The van der Waals surface area contributed by atoms with Gasteiger partial charge in [0.05, 0.1) is 0 Å². The Labute approximate surface area is 67.7 Å². The summed E-state index contributed by atoms with van der Waals surface area (Å²) in [4.78, 5) is 0. The second-order valence-electron chi connectivity index (χ2n) is 2.65. The molecule has 0 amide bonds. The SMILES string of the molecule is CCC[n+]1ccc(CN)cc1. The maximum Gasteiger partial charge on any atom is 0.169 e. The van der Waals surface area contributed by atoms with Crippen molar-refractivity contribution >= 4 is 0 Å². The number of hydrogen-bond donors (Lipinski definition) is 1. The van der Waals surface area contributed by atoms with E-state index >= 15 is 0 Å². The van der Waals surface area contributed by atoms with Crippen LogP contribution in [-0.4, -0.2) is 0 Å². The second-order valence-corrected chi connectivity index (χ2v) is 2.65. The van der Waals surface area contributed by atoms with Crippen molar-refractivity contribution < 1.29 is 4.57 Å². The van der Waals surface area contributed by atoms with Crippen LogP contribution in [0.2, 0.25) is 0 Å². The van der Waals surface area contributed by atoms with Crippen molar-refractivity contribution in [1.82, 2.24) is 0 Å². The number of aromatic nitrogens is 1. The molecule has 1 heterocycles. The Kier molecular flexibility index (Phi) is 3.05. The summed E-state index contributed by atoms with van der Waals surface area (Å²) in [7, 11) is 0. The van der Waals surface area contributed by atoms with E-state index in [-0.39, 0.29) is 0 Å². The summed E-state index contributed by atoms with van der Waals surface area (Å²) < 4.78 is 2.17. The minimum atomic E-state index is 0.632. The maximum atomic E-state index is 5.46. The predicted molar refractivity (Wildman–Crippen MR) is 44.8 cm³/mol. The number of pyridine rings is 1. The Bertz CT molecular complexity index is 203. The molecule has 0 saturated heterocycles. The van der Waals surface area contributed by atoms with E-state index in [0.717, 1.165) is 6.54 Å². The van der Waals surface area contributed by atoms with Gasteiger partial charge in [-0.25, -0.2) is 4.57 Å². The van der Waals surface area contributed by atoms with Crippen LogP contribution in [-0.2, 0) is 13.1 Å². The Morgan fingerprint density at radius 1 is 1.36 bits per heavy atom. The molecule has 0 radical (unpaired) electrons. The lowest BCUT2D eigenvalue weighted by molar-refractivity contribution is -0.697. The summed E-state index contributed by atoms with van der Waals surface area (Å²) >= 11 is 0. The largest absolute Gasteiger partial charge is 0.326 e. The molecule has 2 heteroatoms. The van der Waals surface area contributed by atoms with Crippen LogP contribution in [0.3, 0.4) is 0 Å². The Morgan fingerprint density at radius 2 is 2.00 bits per heavy atom. The molecule has 0 aliphatic rings. The first kappa shape index (κ1) is 8.21. The summed E-state index contributed by atoms with van der Waals surface area (Å²) in [5.74, 6) is 0. The van der Waals surface area contributed by atoms with Gasteiger partial charge in [0, 0.05) is 25.1 Å². The predicted octanol–water partition coefficient (Wildman–Crippen LogP) is 0.843. The minimum Gasteiger partial charge on any atom is -0.326 e. The molecule has 0 fully saturated rings. The van der Waals surface area contributed by atoms with Crippen LogP contribution in [0.25, 0.3) is 0 Å². The highest BCUT2D eigenvalue weighted by atomic mass is 14.9. The Hall–Kier alpha value is -0.890. The molecule has 2 nitrogen and oxygen atoms in total. The fraction of sp³-hybridized carbons (Fsp3) is 0.444. The fourth-order valence-electron chi connectivity index (χ4n) is 1.03. The second kappa shape index (κ2) is 4.09. The number of hydrogen-bond acceptors (Lipinski definition) is 1. The van der Waals surface area contributed by atoms with Gasteiger partial charge in [0.1, 0.15) is 6.54 Å². The van der Waals surface area contributed by atoms with Gasteiger partial charge < -0.3 is 5.73 Å². The maximum absolute atomic E-state index is 5.46. The topological polar surface area (TPSA) is 29.9 Å². The number of aryl methyl sites for hydroxylation is 1. The average Bonchev–Trinajstić information content (AvgIpc) is 2.07. The minimum absolute atomic E-state index is 0.632. The van der Waals surface area contributed by atoms with Crippen LogP contribution in [0.4, 0.5) is 0 Å². The van der Waals surface area contributed by atoms with Gasteiger partial charge >= 0.3 is 0 Å². The molecular formula is C9H15N2+. The third-order valence-corrected chi connectivity index (χ3v) is 1.68. The fourth-order valence-corrected chi connectivity index (χ4v) is 1.03. The van der Waals surface area contributed by atoms with Crippen LogP contribution in [0, 0.1) is 0 Å². The lowest BCUT2D eigenvalue weighted by Crippen LogP contribution is -2.32. The highest BCUT2D eigenvalue weighted by Gasteiger charge is 1.96. The molecule has 0 saturated carbocycles. The molecular weight excluding hydrogens is 136 g/mol. The van der Waals surface area contributed by atoms with E-state index < -0.39 is 0 Å². The van der Waals surface area contributed by atoms with Gasteiger partial charge in [0.2, 0.25) is 0 Å². The van der Waals surface area contributed by atoms with Gasteiger partial charge in [-0.15, -0.1) is 0 Å². The molecule has 11 heavy (non-hydrogen) atoms. The molecule has 0 aromatic carbocycles. The highest BCUT2D eigenvalue weighted by Crippen LogP contribution is 1.91. The zero-order chi connectivity index (χ0) is 8.10. The van der Waals surface area contributed by atoms with Crippen LogP contribution in [0.1, 0.15) is 18.9 Å². The molecule has 0 unspecified atom stereocenters. The van der Waals surface area contributed by atoms with Gasteiger partial charge in [0.25, 0.3) is 0 Å². The standard InChI is InChI=1S/C9H15N2/c1-2-5-11-6-3-9(8-10)4-7-11/h3-4,6-7H,2,5,8,10H2,1H3/q+1. The van der Waals surface area contributed by atoms with E-state index in [1.54, 1.807) is 0 Å². The van der Waals surface area contributed by atoms with Gasteiger partial charge in [-0.3, -0.25) is 0 Å². The molecule has 0 aliphatic heterocycles. The summed E-state index contributed by atoms with van der Waals surface area (Å²) in [6, 6.07) is 4.13. The van der Waals surface area contributed by atoms with E-state index in [1.165, 1.54) is 12.0 Å². The van der Waals surface area contributed by atoms with Gasteiger partial charge in [-0.05, 0) is 5.56 Å². The lowest BCUT2D eigenvalue weighted by Gasteiger charge is -1.94. The Balaban J connectivity index is 2.66. The summed E-state index contributed by atoms with van der Waals surface area (Å²) in [5, 5.41) is 0. The van der Waals surface area contributed by atoms with Gasteiger partial charge in [-0.2, -0.15) is 0 Å². The molecule has 0 aliphatic carbocycles. The van der Waals surface area contributed by atoms with Gasteiger partial charge in [0.15, 0.2) is 12.4 Å². The number of nitrogens with zero attached hydrogens (tertiary/aromatic N) is 1. The summed E-state index contributed by atoms with van der Waals surface area (Å²) in [6.45, 7) is 3.89. The number of nitrogens with two attached hydrogens (primary N) is 1. The van der Waals surface area contributed by atoms with Crippen molar-refractivity contribution in [2.24, 2.45) is 5.73 Å². The monoisotopic (exact) mass is 151 g/mol. The van der Waals surface area contributed by atoms with Crippen molar-refractivity contribution in [2.75, 3.05) is 0 Å². The molecule has 60 valence electrons. The van der Waals surface area contributed by atoms with Crippen molar-refractivity contribution in [3.05, 3.63) is 30.1 Å². The van der Waals surface area contributed by atoms with E-state index in [9.17, 15) is 0 Å².